The van der Waals surface area contributed by atoms with E-state index in [1.165, 1.54) is 0 Å². The number of nitrogens with zero attached hydrogens (tertiary/aromatic N) is 3. The third kappa shape index (κ3) is 4.02. The first-order valence-electron chi connectivity index (χ1n) is 11.3. The molecule has 2 aliphatic heterocycles. The summed E-state index contributed by atoms with van der Waals surface area (Å²) >= 11 is 0. The molecule has 3 aromatic rings. The molecule has 7 nitrogen and oxygen atoms in total. The van der Waals surface area contributed by atoms with Crippen molar-refractivity contribution in [3.63, 3.8) is 0 Å². The fourth-order valence-corrected chi connectivity index (χ4v) is 4.58. The molecule has 170 valence electrons. The lowest BCUT2D eigenvalue weighted by atomic mass is 9.90. The van der Waals surface area contributed by atoms with Crippen molar-refractivity contribution in [2.75, 3.05) is 50.0 Å². The van der Waals surface area contributed by atoms with Crippen molar-refractivity contribution in [1.29, 1.82) is 0 Å². The van der Waals surface area contributed by atoms with Crippen LogP contribution < -0.4 is 20.9 Å². The molecule has 0 bridgehead atoms. The van der Waals surface area contributed by atoms with Gasteiger partial charge in [-0.05, 0) is 60.4 Å². The van der Waals surface area contributed by atoms with Crippen molar-refractivity contribution in [2.24, 2.45) is 0 Å². The Bertz CT molecular complexity index is 1200. The predicted octanol–water partition coefficient (Wildman–Crippen LogP) is 3.00. The van der Waals surface area contributed by atoms with Gasteiger partial charge in [0.2, 0.25) is 5.95 Å². The number of hydrogen-bond acceptors (Lipinski definition) is 6. The van der Waals surface area contributed by atoms with E-state index in [9.17, 15) is 4.79 Å². The molecule has 2 aliphatic rings. The maximum absolute atomic E-state index is 15.0. The second-order valence-electron chi connectivity index (χ2n) is 8.45. The highest BCUT2D eigenvalue weighted by Gasteiger charge is 2.22. The van der Waals surface area contributed by atoms with E-state index in [0.717, 1.165) is 60.7 Å². The number of fused-ring (bicyclic) bond motifs is 1. The quantitative estimate of drug-likeness (QED) is 0.535. The molecule has 1 aromatic carbocycles. The van der Waals surface area contributed by atoms with E-state index in [4.69, 9.17) is 0 Å². The third-order valence-electron chi connectivity index (χ3n) is 6.38. The summed E-state index contributed by atoms with van der Waals surface area (Å²) in [5, 5.41) is 9.24. The topological polar surface area (TPSA) is 82.2 Å². The molecule has 3 N–H and O–H groups in total. The van der Waals surface area contributed by atoms with E-state index in [-0.39, 0.29) is 5.91 Å². The van der Waals surface area contributed by atoms with Crippen LogP contribution >= 0.6 is 0 Å². The Labute approximate surface area is 192 Å². The van der Waals surface area contributed by atoms with Gasteiger partial charge in [0.1, 0.15) is 11.6 Å². The van der Waals surface area contributed by atoms with Crippen LogP contribution in [0.1, 0.15) is 21.5 Å². The second-order valence-corrected chi connectivity index (χ2v) is 8.45. The Morgan fingerprint density at radius 2 is 1.85 bits per heavy atom. The minimum absolute atomic E-state index is 0.0479. The molecular formula is C25H27FN6O. The molecule has 2 aromatic heterocycles. The zero-order valence-corrected chi connectivity index (χ0v) is 18.8. The molecule has 0 saturated carbocycles. The van der Waals surface area contributed by atoms with Gasteiger partial charge in [-0.15, -0.1) is 0 Å². The molecule has 1 fully saturated rings. The molecule has 5 rings (SSSR count). The van der Waals surface area contributed by atoms with Crippen molar-refractivity contribution in [3.05, 3.63) is 59.2 Å². The summed E-state index contributed by atoms with van der Waals surface area (Å²) in [6.07, 6.45) is 2.48. The van der Waals surface area contributed by atoms with Crippen molar-refractivity contribution in [2.45, 2.75) is 13.3 Å². The van der Waals surface area contributed by atoms with E-state index >= 15 is 4.39 Å². The van der Waals surface area contributed by atoms with E-state index < -0.39 is 5.95 Å². The normalized spacial score (nSPS) is 15.7. The van der Waals surface area contributed by atoms with Gasteiger partial charge in [0.05, 0.1) is 0 Å². The van der Waals surface area contributed by atoms with Crippen LogP contribution in [0.4, 0.5) is 16.0 Å². The minimum atomic E-state index is -0.546. The fourth-order valence-electron chi connectivity index (χ4n) is 4.58. The van der Waals surface area contributed by atoms with Gasteiger partial charge >= 0.3 is 0 Å². The van der Waals surface area contributed by atoms with Gasteiger partial charge in [-0.25, -0.2) is 9.97 Å². The largest absolute Gasteiger partial charge is 0.373 e. The van der Waals surface area contributed by atoms with Crippen molar-refractivity contribution < 1.29 is 9.18 Å². The minimum Gasteiger partial charge on any atom is -0.373 e. The van der Waals surface area contributed by atoms with Crippen molar-refractivity contribution in [1.82, 2.24) is 20.6 Å². The van der Waals surface area contributed by atoms with Gasteiger partial charge in [-0.1, -0.05) is 0 Å². The van der Waals surface area contributed by atoms with Crippen LogP contribution in [0.3, 0.4) is 0 Å². The lowest BCUT2D eigenvalue weighted by Gasteiger charge is -2.28. The third-order valence-corrected chi connectivity index (χ3v) is 6.38. The van der Waals surface area contributed by atoms with E-state index in [0.29, 0.717) is 29.1 Å². The summed E-state index contributed by atoms with van der Waals surface area (Å²) in [6.45, 7) is 6.24. The summed E-state index contributed by atoms with van der Waals surface area (Å²) in [4.78, 5) is 23.3. The van der Waals surface area contributed by atoms with Gasteiger partial charge in [0.25, 0.3) is 5.91 Å². The van der Waals surface area contributed by atoms with Crippen LogP contribution in [0, 0.1) is 12.9 Å². The number of piperazine rings is 1. The first-order chi connectivity index (χ1) is 16.0. The molecule has 0 atom stereocenters. The molecule has 8 heteroatoms. The number of aryl methyl sites for hydroxylation is 1. The number of carbonyl (C=O) groups excluding carboxylic acids is 1. The average Bonchev–Trinajstić information content (AvgIpc) is 2.85. The van der Waals surface area contributed by atoms with Crippen LogP contribution in [0.2, 0.25) is 0 Å². The average molecular weight is 447 g/mol. The maximum atomic E-state index is 15.0. The molecule has 0 spiro atoms. The molecular weight excluding hydrogens is 419 g/mol. The zero-order chi connectivity index (χ0) is 22.9. The van der Waals surface area contributed by atoms with Crippen molar-refractivity contribution >= 4 is 17.5 Å². The summed E-state index contributed by atoms with van der Waals surface area (Å²) in [5.74, 6) is 0.762. The standard InChI is InChI=1S/C25H27FN6O/c1-15-11-20-16(5-6-29-25(20)33)12-18(15)21-13-19(23(26)31-24(21)27-2)17-3-4-22(30-14-17)32-9-7-28-8-10-32/h3-4,11-14,28H,5-10H2,1-2H3,(H,27,31)(H,29,33). The monoisotopic (exact) mass is 446 g/mol. The van der Waals surface area contributed by atoms with Crippen LogP contribution in [0.25, 0.3) is 22.3 Å². The molecule has 1 amide bonds. The van der Waals surface area contributed by atoms with Gasteiger partial charge in [0.15, 0.2) is 0 Å². The first-order valence-corrected chi connectivity index (χ1v) is 11.3. The van der Waals surface area contributed by atoms with Crippen LogP contribution in [0.15, 0.2) is 36.5 Å². The summed E-state index contributed by atoms with van der Waals surface area (Å²) in [6, 6.07) is 9.61. The van der Waals surface area contributed by atoms with Gasteiger partial charge in [-0.2, -0.15) is 4.39 Å². The Morgan fingerprint density at radius 1 is 1.03 bits per heavy atom. The number of anilines is 2. The highest BCUT2D eigenvalue weighted by molar-refractivity contribution is 5.98. The highest BCUT2D eigenvalue weighted by atomic mass is 19.1. The lowest BCUT2D eigenvalue weighted by Crippen LogP contribution is -2.43. The Kier molecular flexibility index (Phi) is 5.68. The number of carbonyl (C=O) groups is 1. The lowest BCUT2D eigenvalue weighted by molar-refractivity contribution is 0.0946. The molecule has 0 unspecified atom stereocenters. The Hall–Kier alpha value is -3.52. The number of benzene rings is 1. The second kappa shape index (κ2) is 8.78. The number of halogens is 1. The Balaban J connectivity index is 1.56. The molecule has 4 heterocycles. The molecule has 0 aliphatic carbocycles. The first kappa shape index (κ1) is 21.3. The van der Waals surface area contributed by atoms with Gasteiger partial charge < -0.3 is 20.9 Å². The Morgan fingerprint density at radius 3 is 2.58 bits per heavy atom. The van der Waals surface area contributed by atoms with Gasteiger partial charge in [0, 0.05) is 68.2 Å². The summed E-state index contributed by atoms with van der Waals surface area (Å²) < 4.78 is 15.0. The maximum Gasteiger partial charge on any atom is 0.251 e. The van der Waals surface area contributed by atoms with E-state index in [2.05, 4.69) is 30.8 Å². The SMILES string of the molecule is CNc1nc(F)c(-c2ccc(N3CCNCC3)nc2)cc1-c1cc2c(cc1C)C(=O)NCC2. The highest BCUT2D eigenvalue weighted by Crippen LogP contribution is 2.36. The summed E-state index contributed by atoms with van der Waals surface area (Å²) in [7, 11) is 1.73. The number of rotatable bonds is 4. The van der Waals surface area contributed by atoms with Crippen molar-refractivity contribution in [3.8, 4) is 22.3 Å². The number of nitrogens with one attached hydrogen (secondary N) is 3. The number of hydrogen-bond donors (Lipinski definition) is 3. The van der Waals surface area contributed by atoms with Gasteiger partial charge in [-0.3, -0.25) is 4.79 Å². The fraction of sp³-hybridized carbons (Fsp3) is 0.320. The number of aromatic nitrogens is 2. The molecule has 33 heavy (non-hydrogen) atoms. The number of amides is 1. The predicted molar refractivity (Wildman–Crippen MR) is 128 cm³/mol. The summed E-state index contributed by atoms with van der Waals surface area (Å²) in [5.41, 5.74) is 5.45. The molecule has 1 saturated heterocycles. The number of pyridine rings is 2. The zero-order valence-electron chi connectivity index (χ0n) is 18.8. The molecule has 0 radical (unpaired) electrons. The van der Waals surface area contributed by atoms with E-state index in [1.807, 2.05) is 37.3 Å². The smallest absolute Gasteiger partial charge is 0.251 e. The van der Waals surface area contributed by atoms with E-state index in [1.54, 1.807) is 13.2 Å². The van der Waals surface area contributed by atoms with Crippen LogP contribution in [-0.2, 0) is 6.42 Å². The van der Waals surface area contributed by atoms with Crippen LogP contribution in [-0.4, -0.2) is 55.6 Å². The van der Waals surface area contributed by atoms with Crippen LogP contribution in [0.5, 0.6) is 0 Å².